The summed E-state index contributed by atoms with van der Waals surface area (Å²) in [5.74, 6) is -1.16. The predicted octanol–water partition coefficient (Wildman–Crippen LogP) is 4.05. The molecule has 2 aromatic rings. The fraction of sp³-hybridized carbons (Fsp3) is 0.143. The predicted molar refractivity (Wildman–Crippen MR) is 71.0 cm³/mol. The van der Waals surface area contributed by atoms with Gasteiger partial charge in [-0.2, -0.15) is 13.2 Å². The summed E-state index contributed by atoms with van der Waals surface area (Å²) in [6.45, 7) is 0. The van der Waals surface area contributed by atoms with Crippen molar-refractivity contribution in [3.63, 3.8) is 0 Å². The zero-order valence-corrected chi connectivity index (χ0v) is 11.2. The Kier molecular flexibility index (Phi) is 4.18. The number of alkyl halides is 3. The minimum atomic E-state index is -4.57. The Balaban J connectivity index is 2.67. The van der Waals surface area contributed by atoms with E-state index < -0.39 is 24.1 Å². The van der Waals surface area contributed by atoms with Crippen molar-refractivity contribution in [2.24, 2.45) is 0 Å². The molecule has 0 fully saturated rings. The van der Waals surface area contributed by atoms with Gasteiger partial charge in [0.25, 0.3) is 0 Å². The normalized spacial score (nSPS) is 11.4. The molecule has 1 aromatic carbocycles. The number of hydrogen-bond acceptors (Lipinski definition) is 2. The Hall–Kier alpha value is -2.08. The smallest absolute Gasteiger partial charge is 0.417 e. The molecule has 0 saturated carbocycles. The summed E-state index contributed by atoms with van der Waals surface area (Å²) in [5.41, 5.74) is -0.975. The summed E-state index contributed by atoms with van der Waals surface area (Å²) < 4.78 is 39.2. The third-order valence-corrected chi connectivity index (χ3v) is 2.98. The quantitative estimate of drug-likeness (QED) is 0.869. The summed E-state index contributed by atoms with van der Waals surface area (Å²) in [4.78, 5) is 14.7. The molecule has 0 spiro atoms. The Bertz CT molecular complexity index is 686. The van der Waals surface area contributed by atoms with Crippen LogP contribution in [0, 0.1) is 0 Å². The van der Waals surface area contributed by atoms with Crippen LogP contribution < -0.4 is 0 Å². The number of nitrogens with zero attached hydrogens (tertiary/aromatic N) is 1. The van der Waals surface area contributed by atoms with Gasteiger partial charge in [-0.1, -0.05) is 35.9 Å². The zero-order valence-electron chi connectivity index (χ0n) is 10.5. The maximum Gasteiger partial charge on any atom is 0.417 e. The van der Waals surface area contributed by atoms with Crippen LogP contribution in [0.3, 0.4) is 0 Å². The highest BCUT2D eigenvalue weighted by Crippen LogP contribution is 2.37. The molecule has 0 aliphatic rings. The van der Waals surface area contributed by atoms with Crippen molar-refractivity contribution in [1.29, 1.82) is 0 Å². The van der Waals surface area contributed by atoms with E-state index in [-0.39, 0.29) is 22.0 Å². The molecule has 1 aromatic heterocycles. The van der Waals surface area contributed by atoms with Gasteiger partial charge >= 0.3 is 12.1 Å². The maximum absolute atomic E-state index is 13.1. The molecule has 0 bridgehead atoms. The van der Waals surface area contributed by atoms with Crippen molar-refractivity contribution in [2.75, 3.05) is 0 Å². The second-order valence-electron chi connectivity index (χ2n) is 4.26. The highest BCUT2D eigenvalue weighted by atomic mass is 35.5. The van der Waals surface area contributed by atoms with E-state index in [9.17, 15) is 18.0 Å². The molecular formula is C14H9ClF3NO2. The van der Waals surface area contributed by atoms with E-state index in [1.54, 1.807) is 0 Å². The van der Waals surface area contributed by atoms with Gasteiger partial charge in [-0.05, 0) is 17.7 Å². The number of aromatic nitrogens is 1. The topological polar surface area (TPSA) is 50.2 Å². The second-order valence-corrected chi connectivity index (χ2v) is 4.64. The monoisotopic (exact) mass is 315 g/mol. The number of pyridine rings is 1. The fourth-order valence-corrected chi connectivity index (χ4v) is 2.09. The number of rotatable bonds is 3. The second kappa shape index (κ2) is 5.73. The van der Waals surface area contributed by atoms with E-state index in [0.717, 1.165) is 6.07 Å². The minimum absolute atomic E-state index is 0.00360. The number of benzene rings is 1. The number of halogens is 4. The molecular weight excluding hydrogens is 307 g/mol. The lowest BCUT2D eigenvalue weighted by molar-refractivity contribution is -0.137. The van der Waals surface area contributed by atoms with Gasteiger partial charge in [0, 0.05) is 5.56 Å². The van der Waals surface area contributed by atoms with Gasteiger partial charge in [0.05, 0.1) is 17.7 Å². The van der Waals surface area contributed by atoms with Crippen molar-refractivity contribution < 1.29 is 23.1 Å². The molecule has 1 N–H and O–H groups in total. The van der Waals surface area contributed by atoms with Crippen LogP contribution in [0.4, 0.5) is 13.2 Å². The summed E-state index contributed by atoms with van der Waals surface area (Å²) in [6, 6.07) is 7.56. The van der Waals surface area contributed by atoms with Crippen LogP contribution >= 0.6 is 11.6 Å². The van der Waals surface area contributed by atoms with Crippen molar-refractivity contribution in [3.8, 4) is 11.3 Å². The summed E-state index contributed by atoms with van der Waals surface area (Å²) >= 11 is 5.73. The molecule has 3 nitrogen and oxygen atoms in total. The number of aliphatic carboxylic acids is 1. The van der Waals surface area contributed by atoms with E-state index in [1.807, 2.05) is 0 Å². The molecule has 0 atom stereocenters. The molecule has 0 amide bonds. The molecule has 7 heteroatoms. The lowest BCUT2D eigenvalue weighted by atomic mass is 9.98. The van der Waals surface area contributed by atoms with Crippen molar-refractivity contribution in [2.45, 2.75) is 12.6 Å². The molecule has 0 radical (unpaired) electrons. The molecule has 1 heterocycles. The molecule has 0 aliphatic carbocycles. The first-order chi connectivity index (χ1) is 9.79. The standard InChI is InChI=1S/C14H9ClF3NO2/c15-11-6-5-8(7-12(20)21)13(19-11)9-3-1-2-4-10(9)14(16,17)18/h1-6H,7H2,(H,20,21). The van der Waals surface area contributed by atoms with Gasteiger partial charge in [0.15, 0.2) is 0 Å². The third-order valence-electron chi connectivity index (χ3n) is 2.77. The lowest BCUT2D eigenvalue weighted by Gasteiger charge is -2.14. The molecule has 0 saturated heterocycles. The highest BCUT2D eigenvalue weighted by molar-refractivity contribution is 6.29. The Morgan fingerprint density at radius 1 is 1.19 bits per heavy atom. The van der Waals surface area contributed by atoms with Gasteiger partial charge in [0.2, 0.25) is 0 Å². The molecule has 21 heavy (non-hydrogen) atoms. The van der Waals surface area contributed by atoms with E-state index in [0.29, 0.717) is 0 Å². The van der Waals surface area contributed by atoms with E-state index >= 15 is 0 Å². The van der Waals surface area contributed by atoms with Crippen molar-refractivity contribution in [3.05, 3.63) is 52.7 Å². The van der Waals surface area contributed by atoms with Gasteiger partial charge in [-0.3, -0.25) is 4.79 Å². The fourth-order valence-electron chi connectivity index (χ4n) is 1.94. The highest BCUT2D eigenvalue weighted by Gasteiger charge is 2.34. The van der Waals surface area contributed by atoms with Crippen LogP contribution in [-0.2, 0) is 17.4 Å². The van der Waals surface area contributed by atoms with Crippen LogP contribution in [0.2, 0.25) is 5.15 Å². The number of carbonyl (C=O) groups is 1. The van der Waals surface area contributed by atoms with Crippen LogP contribution in [0.5, 0.6) is 0 Å². The third kappa shape index (κ3) is 3.52. The van der Waals surface area contributed by atoms with Crippen LogP contribution in [0.1, 0.15) is 11.1 Å². The van der Waals surface area contributed by atoms with Gasteiger partial charge in [0.1, 0.15) is 5.15 Å². The number of carboxylic acids is 1. The van der Waals surface area contributed by atoms with Gasteiger partial charge < -0.3 is 5.11 Å². The van der Waals surface area contributed by atoms with Crippen LogP contribution in [0.15, 0.2) is 36.4 Å². The molecule has 2 rings (SSSR count). The largest absolute Gasteiger partial charge is 0.481 e. The first kappa shape index (κ1) is 15.3. The number of carboxylic acid groups (broad SMARTS) is 1. The minimum Gasteiger partial charge on any atom is -0.481 e. The summed E-state index contributed by atoms with van der Waals surface area (Å²) in [7, 11) is 0. The van der Waals surface area contributed by atoms with E-state index in [1.165, 1.54) is 30.3 Å². The Morgan fingerprint density at radius 2 is 1.86 bits per heavy atom. The number of hydrogen-bond donors (Lipinski definition) is 1. The van der Waals surface area contributed by atoms with Gasteiger partial charge in [-0.25, -0.2) is 4.98 Å². The lowest BCUT2D eigenvalue weighted by Crippen LogP contribution is -2.09. The van der Waals surface area contributed by atoms with Crippen LogP contribution in [-0.4, -0.2) is 16.1 Å². The molecule has 0 aliphatic heterocycles. The van der Waals surface area contributed by atoms with E-state index in [4.69, 9.17) is 16.7 Å². The maximum atomic E-state index is 13.1. The first-order valence-corrected chi connectivity index (χ1v) is 6.20. The average molecular weight is 316 g/mol. The van der Waals surface area contributed by atoms with Crippen LogP contribution in [0.25, 0.3) is 11.3 Å². The summed E-state index contributed by atoms with van der Waals surface area (Å²) in [5, 5.41) is 8.85. The first-order valence-electron chi connectivity index (χ1n) is 5.83. The SMILES string of the molecule is O=C(O)Cc1ccc(Cl)nc1-c1ccccc1C(F)(F)F. The van der Waals surface area contributed by atoms with E-state index in [2.05, 4.69) is 4.98 Å². The summed E-state index contributed by atoms with van der Waals surface area (Å²) in [6.07, 6.45) is -5.01. The molecule has 110 valence electrons. The van der Waals surface area contributed by atoms with Crippen molar-refractivity contribution in [1.82, 2.24) is 4.98 Å². The Labute approximate surface area is 123 Å². The Morgan fingerprint density at radius 3 is 2.48 bits per heavy atom. The van der Waals surface area contributed by atoms with Crippen molar-refractivity contribution >= 4 is 17.6 Å². The molecule has 0 unspecified atom stereocenters. The average Bonchev–Trinajstić information content (AvgIpc) is 2.39. The zero-order chi connectivity index (χ0) is 15.6. The van der Waals surface area contributed by atoms with Gasteiger partial charge in [-0.15, -0.1) is 0 Å².